The molecule has 0 aromatic heterocycles. The number of hydrogen-bond donors (Lipinski definition) is 1. The van der Waals surface area contributed by atoms with Crippen LogP contribution in [0.4, 0.5) is 0 Å². The molecule has 0 spiro atoms. The van der Waals surface area contributed by atoms with Gasteiger partial charge in [0.2, 0.25) is 0 Å². The van der Waals surface area contributed by atoms with Gasteiger partial charge in [-0.15, -0.1) is 0 Å². The van der Waals surface area contributed by atoms with Gasteiger partial charge < -0.3 is 14.8 Å². The van der Waals surface area contributed by atoms with Gasteiger partial charge in [-0.05, 0) is 33.9 Å². The first-order valence-electron chi connectivity index (χ1n) is 6.77. The molecule has 5 nitrogen and oxygen atoms in total. The number of sulfone groups is 1. The number of nitrogens with one attached hydrogen (secondary N) is 1. The van der Waals surface area contributed by atoms with Crippen molar-refractivity contribution in [2.45, 2.75) is 31.6 Å². The molecule has 1 unspecified atom stereocenters. The molecule has 1 aromatic carbocycles. The summed E-state index contributed by atoms with van der Waals surface area (Å²) in [5.74, 6) is 1.29. The lowest BCUT2D eigenvalue weighted by molar-refractivity contribution is 0.387. The smallest absolute Gasteiger partial charge is 0.157 e. The van der Waals surface area contributed by atoms with Crippen LogP contribution in [-0.2, 0) is 9.84 Å². The SMILES string of the molecule is CNC(CS(=O)(=O)C(C)(C)C)c1ccc(OC)cc1OC. The number of rotatable bonds is 6. The van der Waals surface area contributed by atoms with Crippen molar-refractivity contribution in [2.24, 2.45) is 0 Å². The largest absolute Gasteiger partial charge is 0.497 e. The van der Waals surface area contributed by atoms with E-state index in [1.54, 1.807) is 54.2 Å². The van der Waals surface area contributed by atoms with Gasteiger partial charge >= 0.3 is 0 Å². The molecule has 0 aliphatic heterocycles. The molecule has 6 heteroatoms. The molecule has 1 rings (SSSR count). The number of ether oxygens (including phenoxy) is 2. The average molecular weight is 315 g/mol. The van der Waals surface area contributed by atoms with Crippen molar-refractivity contribution in [1.82, 2.24) is 5.32 Å². The van der Waals surface area contributed by atoms with E-state index in [0.29, 0.717) is 11.5 Å². The van der Waals surface area contributed by atoms with Crippen LogP contribution in [-0.4, -0.2) is 40.2 Å². The van der Waals surface area contributed by atoms with E-state index in [-0.39, 0.29) is 11.8 Å². The zero-order valence-corrected chi connectivity index (χ0v) is 14.4. The summed E-state index contributed by atoms with van der Waals surface area (Å²) < 4.78 is 34.6. The van der Waals surface area contributed by atoms with Crippen LogP contribution in [0.15, 0.2) is 18.2 Å². The molecule has 0 radical (unpaired) electrons. The predicted molar refractivity (Wildman–Crippen MR) is 84.9 cm³/mol. The molecular weight excluding hydrogens is 290 g/mol. The Hall–Kier alpha value is -1.27. The van der Waals surface area contributed by atoms with E-state index in [1.807, 2.05) is 6.07 Å². The van der Waals surface area contributed by atoms with E-state index in [0.717, 1.165) is 5.56 Å². The third-order valence-corrected chi connectivity index (χ3v) is 6.12. The lowest BCUT2D eigenvalue weighted by atomic mass is 10.1. The van der Waals surface area contributed by atoms with Crippen molar-refractivity contribution in [3.8, 4) is 11.5 Å². The molecule has 0 bridgehead atoms. The minimum Gasteiger partial charge on any atom is -0.497 e. The van der Waals surface area contributed by atoms with Gasteiger partial charge in [-0.25, -0.2) is 8.42 Å². The maximum atomic E-state index is 12.4. The van der Waals surface area contributed by atoms with Crippen molar-refractivity contribution in [3.63, 3.8) is 0 Å². The van der Waals surface area contributed by atoms with Crippen molar-refractivity contribution < 1.29 is 17.9 Å². The summed E-state index contributed by atoms with van der Waals surface area (Å²) >= 11 is 0. The van der Waals surface area contributed by atoms with Crippen LogP contribution in [0.3, 0.4) is 0 Å². The summed E-state index contributed by atoms with van der Waals surface area (Å²) in [5, 5.41) is 3.06. The third-order valence-electron chi connectivity index (χ3n) is 3.48. The maximum absolute atomic E-state index is 12.4. The second-order valence-corrected chi connectivity index (χ2v) is 8.63. The fraction of sp³-hybridized carbons (Fsp3) is 0.600. The monoisotopic (exact) mass is 315 g/mol. The van der Waals surface area contributed by atoms with E-state index in [4.69, 9.17) is 9.47 Å². The Morgan fingerprint density at radius 1 is 1.19 bits per heavy atom. The van der Waals surface area contributed by atoms with Crippen LogP contribution in [0.2, 0.25) is 0 Å². The molecule has 120 valence electrons. The molecule has 0 heterocycles. The fourth-order valence-electron chi connectivity index (χ4n) is 1.90. The normalized spacial score (nSPS) is 13.8. The van der Waals surface area contributed by atoms with Crippen LogP contribution in [0.1, 0.15) is 32.4 Å². The van der Waals surface area contributed by atoms with Crippen LogP contribution < -0.4 is 14.8 Å². The fourth-order valence-corrected chi connectivity index (χ4v) is 3.19. The second-order valence-electron chi connectivity index (χ2n) is 5.84. The van der Waals surface area contributed by atoms with Gasteiger partial charge in [0.25, 0.3) is 0 Å². The van der Waals surface area contributed by atoms with Gasteiger partial charge in [0, 0.05) is 17.7 Å². The van der Waals surface area contributed by atoms with Crippen molar-refractivity contribution in [3.05, 3.63) is 23.8 Å². The van der Waals surface area contributed by atoms with E-state index < -0.39 is 14.6 Å². The van der Waals surface area contributed by atoms with Crippen LogP contribution >= 0.6 is 0 Å². The lowest BCUT2D eigenvalue weighted by Gasteiger charge is -2.25. The summed E-state index contributed by atoms with van der Waals surface area (Å²) in [4.78, 5) is 0. The minimum atomic E-state index is -3.25. The molecule has 0 aliphatic carbocycles. The van der Waals surface area contributed by atoms with E-state index >= 15 is 0 Å². The summed E-state index contributed by atoms with van der Waals surface area (Å²) in [7, 11) is 1.63. The number of benzene rings is 1. The Bertz CT molecular complexity index is 576. The molecule has 0 amide bonds. The molecule has 0 saturated carbocycles. The molecule has 0 aliphatic rings. The van der Waals surface area contributed by atoms with Crippen LogP contribution in [0.25, 0.3) is 0 Å². The van der Waals surface area contributed by atoms with Crippen LogP contribution in [0, 0.1) is 0 Å². The van der Waals surface area contributed by atoms with Crippen LogP contribution in [0.5, 0.6) is 11.5 Å². The van der Waals surface area contributed by atoms with Gasteiger partial charge in [-0.1, -0.05) is 6.07 Å². The van der Waals surface area contributed by atoms with Gasteiger partial charge in [0.05, 0.1) is 24.7 Å². The molecule has 1 aromatic rings. The highest BCUT2D eigenvalue weighted by Gasteiger charge is 2.32. The predicted octanol–water partition coefficient (Wildman–Crippen LogP) is 2.18. The molecule has 1 atom stereocenters. The molecule has 1 N–H and O–H groups in total. The Morgan fingerprint density at radius 2 is 1.81 bits per heavy atom. The van der Waals surface area contributed by atoms with Gasteiger partial charge in [-0.2, -0.15) is 0 Å². The Kier molecular flexibility index (Phi) is 5.64. The highest BCUT2D eigenvalue weighted by atomic mass is 32.2. The van der Waals surface area contributed by atoms with E-state index in [2.05, 4.69) is 5.32 Å². The highest BCUT2D eigenvalue weighted by Crippen LogP contribution is 2.31. The standard InChI is InChI=1S/C15H25NO4S/c1-15(2,3)21(17,18)10-13(16-4)12-8-7-11(19-5)9-14(12)20-6/h7-9,13,16H,10H2,1-6H3. The van der Waals surface area contributed by atoms with Crippen molar-refractivity contribution >= 4 is 9.84 Å². The zero-order valence-electron chi connectivity index (χ0n) is 13.6. The van der Waals surface area contributed by atoms with E-state index in [9.17, 15) is 8.42 Å². The third kappa shape index (κ3) is 4.11. The lowest BCUT2D eigenvalue weighted by Crippen LogP contribution is -2.36. The summed E-state index contributed by atoms with van der Waals surface area (Å²) in [6, 6.07) is 5.04. The molecule has 21 heavy (non-hydrogen) atoms. The zero-order chi connectivity index (χ0) is 16.3. The second kappa shape index (κ2) is 6.66. The number of methoxy groups -OCH3 is 2. The van der Waals surface area contributed by atoms with Gasteiger partial charge in [-0.3, -0.25) is 0 Å². The first-order chi connectivity index (χ1) is 9.66. The summed E-state index contributed by atoms with van der Waals surface area (Å²) in [6.07, 6.45) is 0. The van der Waals surface area contributed by atoms with Gasteiger partial charge in [0.15, 0.2) is 9.84 Å². The summed E-state index contributed by atoms with van der Waals surface area (Å²) in [6.45, 7) is 5.13. The number of hydrogen-bond acceptors (Lipinski definition) is 5. The quantitative estimate of drug-likeness (QED) is 0.871. The Labute approximate surface area is 127 Å². The molecule has 0 fully saturated rings. The Morgan fingerprint density at radius 3 is 2.24 bits per heavy atom. The first kappa shape index (κ1) is 17.8. The molecular formula is C15H25NO4S. The highest BCUT2D eigenvalue weighted by molar-refractivity contribution is 7.92. The first-order valence-corrected chi connectivity index (χ1v) is 8.43. The average Bonchev–Trinajstić information content (AvgIpc) is 2.42. The minimum absolute atomic E-state index is 0.00961. The maximum Gasteiger partial charge on any atom is 0.157 e. The topological polar surface area (TPSA) is 64.6 Å². The van der Waals surface area contributed by atoms with E-state index in [1.165, 1.54) is 0 Å². The Balaban J connectivity index is 3.17. The van der Waals surface area contributed by atoms with Crippen molar-refractivity contribution in [1.29, 1.82) is 0 Å². The molecule has 0 saturated heterocycles. The van der Waals surface area contributed by atoms with Crippen molar-refractivity contribution in [2.75, 3.05) is 27.0 Å². The van der Waals surface area contributed by atoms with Gasteiger partial charge in [0.1, 0.15) is 11.5 Å². The summed E-state index contributed by atoms with van der Waals surface area (Å²) in [5.41, 5.74) is 0.800.